The van der Waals surface area contributed by atoms with Crippen LogP contribution >= 0.6 is 0 Å². The lowest BCUT2D eigenvalue weighted by Gasteiger charge is -2.28. The molecule has 3 unspecified atom stereocenters. The van der Waals surface area contributed by atoms with Crippen LogP contribution in [0.15, 0.2) is 6.07 Å². The minimum atomic E-state index is -3.02. The van der Waals surface area contributed by atoms with Crippen molar-refractivity contribution in [2.75, 3.05) is 0 Å². The van der Waals surface area contributed by atoms with Crippen LogP contribution in [0.5, 0.6) is 0 Å². The van der Waals surface area contributed by atoms with E-state index in [1.54, 1.807) is 0 Å². The van der Waals surface area contributed by atoms with Gasteiger partial charge in [-0.1, -0.05) is 0 Å². The highest BCUT2D eigenvalue weighted by atomic mass is 16.4. The predicted octanol–water partition coefficient (Wildman–Crippen LogP) is -0.476. The van der Waals surface area contributed by atoms with Gasteiger partial charge in [-0.15, -0.1) is 0 Å². The van der Waals surface area contributed by atoms with Crippen molar-refractivity contribution in [3.63, 3.8) is 0 Å². The van der Waals surface area contributed by atoms with Gasteiger partial charge in [0.25, 0.3) is 0 Å². The Morgan fingerprint density at radius 3 is 1.24 bits per heavy atom. The van der Waals surface area contributed by atoms with Crippen LogP contribution in [0.25, 0.3) is 0 Å². The highest BCUT2D eigenvalue weighted by molar-refractivity contribution is 6.12. The van der Waals surface area contributed by atoms with Gasteiger partial charge in [-0.2, -0.15) is 0 Å². The Kier molecular flexibility index (Phi) is 8.00. The summed E-state index contributed by atoms with van der Waals surface area (Å²) in [5.74, 6) is -26.3. The zero-order chi connectivity index (χ0) is 26.7. The third kappa shape index (κ3) is 5.23. The third-order valence-corrected chi connectivity index (χ3v) is 4.62. The smallest absolute Gasteiger partial charge is 0.336 e. The van der Waals surface area contributed by atoms with E-state index in [0.717, 1.165) is 0 Å². The molecule has 0 amide bonds. The molecule has 0 fully saturated rings. The van der Waals surface area contributed by atoms with E-state index in [-0.39, 0.29) is 6.07 Å². The summed E-state index contributed by atoms with van der Waals surface area (Å²) in [6.07, 6.45) is -1.52. The van der Waals surface area contributed by atoms with E-state index in [4.69, 9.17) is 5.11 Å². The van der Waals surface area contributed by atoms with Crippen molar-refractivity contribution >= 4 is 47.8 Å². The van der Waals surface area contributed by atoms with Crippen LogP contribution in [0.4, 0.5) is 0 Å². The first kappa shape index (κ1) is 27.0. The molecule has 0 aliphatic heterocycles. The number of aromatic carboxylic acids is 4. The molecule has 1 rings (SSSR count). The first-order valence-corrected chi connectivity index (χ1v) is 8.58. The Bertz CT molecular complexity index is 1080. The maximum absolute atomic E-state index is 12.1. The van der Waals surface area contributed by atoms with Gasteiger partial charge in [-0.05, 0) is 11.6 Å². The average molecular weight is 486 g/mol. The van der Waals surface area contributed by atoms with Gasteiger partial charge in [0, 0.05) is 0 Å². The first-order chi connectivity index (χ1) is 15.5. The molecule has 0 radical (unpaired) electrons. The second-order valence-corrected chi connectivity index (χ2v) is 6.58. The second kappa shape index (κ2) is 10.1. The molecule has 34 heavy (non-hydrogen) atoms. The number of rotatable bonds is 12. The van der Waals surface area contributed by atoms with Gasteiger partial charge in [0.15, 0.2) is 0 Å². The van der Waals surface area contributed by atoms with E-state index in [1.165, 1.54) is 0 Å². The molecule has 16 heteroatoms. The summed E-state index contributed by atoms with van der Waals surface area (Å²) in [4.78, 5) is 93.5. The fraction of sp³-hybridized carbons (Fsp3) is 0.222. The Hall–Kier alpha value is -5.02. The van der Waals surface area contributed by atoms with Crippen LogP contribution in [0, 0.1) is 11.8 Å². The Morgan fingerprint density at radius 2 is 1.00 bits per heavy atom. The molecule has 16 nitrogen and oxygen atoms in total. The number of carbonyl (C=O) groups is 8. The Balaban J connectivity index is 4.42. The van der Waals surface area contributed by atoms with Crippen molar-refractivity contribution in [2.24, 2.45) is 11.8 Å². The normalized spacial score (nSPS) is 13.2. The van der Waals surface area contributed by atoms with Crippen LogP contribution in [0.2, 0.25) is 0 Å². The van der Waals surface area contributed by atoms with Crippen LogP contribution in [0.3, 0.4) is 0 Å². The summed E-state index contributed by atoms with van der Waals surface area (Å²) in [7, 11) is 0. The van der Waals surface area contributed by atoms with Crippen molar-refractivity contribution in [2.45, 2.75) is 12.3 Å². The lowest BCUT2D eigenvalue weighted by Crippen LogP contribution is -2.40. The fourth-order valence-electron chi connectivity index (χ4n) is 3.37. The van der Waals surface area contributed by atoms with Crippen molar-refractivity contribution in [1.82, 2.24) is 0 Å². The number of hydrogen-bond donors (Lipinski definition) is 8. The Morgan fingerprint density at radius 1 is 0.588 bits per heavy atom. The van der Waals surface area contributed by atoms with Gasteiger partial charge in [-0.25, -0.2) is 19.2 Å². The molecule has 0 saturated carbocycles. The molecule has 3 atom stereocenters. The maximum Gasteiger partial charge on any atom is 0.336 e. The van der Waals surface area contributed by atoms with E-state index in [9.17, 15) is 74.1 Å². The van der Waals surface area contributed by atoms with Crippen LogP contribution in [-0.2, 0) is 19.2 Å². The van der Waals surface area contributed by atoms with E-state index in [2.05, 4.69) is 0 Å². The highest BCUT2D eigenvalue weighted by Gasteiger charge is 2.49. The average Bonchev–Trinajstić information content (AvgIpc) is 2.67. The SMILES string of the molecule is O=C(O)CC(C(=O)O)C(C(=O)O)C(C(=O)O)c1c(C(=O)O)c(C(=O)O)cc(C(=O)O)c1C(=O)O. The zero-order valence-corrected chi connectivity index (χ0v) is 16.4. The molecule has 0 saturated heterocycles. The molecule has 182 valence electrons. The topological polar surface area (TPSA) is 298 Å². The molecular weight excluding hydrogens is 472 g/mol. The summed E-state index contributed by atoms with van der Waals surface area (Å²) >= 11 is 0. The molecule has 1 aromatic carbocycles. The molecule has 0 spiro atoms. The number of benzene rings is 1. The van der Waals surface area contributed by atoms with E-state index in [1.807, 2.05) is 0 Å². The molecule has 0 aliphatic rings. The minimum absolute atomic E-state index is 0.0989. The molecule has 8 N–H and O–H groups in total. The van der Waals surface area contributed by atoms with Crippen molar-refractivity contribution in [3.05, 3.63) is 33.9 Å². The molecule has 0 bridgehead atoms. The van der Waals surface area contributed by atoms with Gasteiger partial charge in [0.05, 0.1) is 46.4 Å². The van der Waals surface area contributed by atoms with E-state index in [0.29, 0.717) is 0 Å². The minimum Gasteiger partial charge on any atom is -0.481 e. The largest absolute Gasteiger partial charge is 0.481 e. The summed E-state index contributed by atoms with van der Waals surface area (Å²) in [5.41, 5.74) is -7.79. The number of hydrogen-bond acceptors (Lipinski definition) is 8. The molecule has 1 aromatic rings. The molecule has 0 aromatic heterocycles. The van der Waals surface area contributed by atoms with Gasteiger partial charge < -0.3 is 40.9 Å². The Labute approximate surface area is 185 Å². The van der Waals surface area contributed by atoms with E-state index < -0.39 is 99.7 Å². The quantitative estimate of drug-likeness (QED) is 0.185. The number of carboxylic acid groups (broad SMARTS) is 8. The van der Waals surface area contributed by atoms with Gasteiger partial charge in [0.1, 0.15) is 0 Å². The standard InChI is InChI=1S/C18H14O16/c19-6(20)2-5(14(25)26)9(17(31)32)11(18(33)34)10-7(15(27)28)3(12(21)22)1-4(13(23)24)8(10)16(29)30/h1,5,9,11H,2H2,(H,19,20)(H,21,22)(H,23,24)(H,25,26)(H,27,28)(H,29,30)(H,31,32)(H,33,34). The van der Waals surface area contributed by atoms with Crippen LogP contribution in [0.1, 0.15) is 59.3 Å². The third-order valence-electron chi connectivity index (χ3n) is 4.62. The highest BCUT2D eigenvalue weighted by Crippen LogP contribution is 2.39. The van der Waals surface area contributed by atoms with Crippen molar-refractivity contribution < 1.29 is 79.2 Å². The molecule has 0 aliphatic carbocycles. The van der Waals surface area contributed by atoms with Crippen LogP contribution in [-0.4, -0.2) is 88.6 Å². The monoisotopic (exact) mass is 486 g/mol. The fourth-order valence-corrected chi connectivity index (χ4v) is 3.37. The summed E-state index contributed by atoms with van der Waals surface area (Å²) < 4.78 is 0. The maximum atomic E-state index is 12.1. The van der Waals surface area contributed by atoms with Gasteiger partial charge >= 0.3 is 47.8 Å². The molecular formula is C18H14O16. The van der Waals surface area contributed by atoms with Crippen molar-refractivity contribution in [3.8, 4) is 0 Å². The predicted molar refractivity (Wildman–Crippen MR) is 99.2 cm³/mol. The second-order valence-electron chi connectivity index (χ2n) is 6.58. The van der Waals surface area contributed by atoms with Crippen LogP contribution < -0.4 is 0 Å². The molecule has 0 heterocycles. The lowest BCUT2D eigenvalue weighted by molar-refractivity contribution is -0.161. The zero-order valence-electron chi connectivity index (χ0n) is 16.4. The first-order valence-electron chi connectivity index (χ1n) is 8.58. The van der Waals surface area contributed by atoms with E-state index >= 15 is 0 Å². The summed E-state index contributed by atoms with van der Waals surface area (Å²) in [6, 6.07) is 0.0989. The van der Waals surface area contributed by atoms with Gasteiger partial charge in [-0.3, -0.25) is 19.2 Å². The lowest BCUT2D eigenvalue weighted by atomic mass is 9.72. The summed E-state index contributed by atoms with van der Waals surface area (Å²) in [5, 5.41) is 75.2. The summed E-state index contributed by atoms with van der Waals surface area (Å²) in [6.45, 7) is 0. The number of carboxylic acids is 8. The number of aliphatic carboxylic acids is 4. The van der Waals surface area contributed by atoms with Crippen molar-refractivity contribution in [1.29, 1.82) is 0 Å². The van der Waals surface area contributed by atoms with Gasteiger partial charge in [0.2, 0.25) is 0 Å².